The van der Waals surface area contributed by atoms with Crippen molar-refractivity contribution in [2.24, 2.45) is 0 Å². The molecular formula is C16H26N2O. The predicted molar refractivity (Wildman–Crippen MR) is 80.8 cm³/mol. The minimum atomic E-state index is 0.366. The smallest absolute Gasteiger partial charge is 0.120 e. The van der Waals surface area contributed by atoms with Crippen molar-refractivity contribution in [2.45, 2.75) is 58.0 Å². The Morgan fingerprint density at radius 2 is 2.21 bits per heavy atom. The molecule has 1 fully saturated rings. The fourth-order valence-corrected chi connectivity index (χ4v) is 2.77. The minimum absolute atomic E-state index is 0.366. The summed E-state index contributed by atoms with van der Waals surface area (Å²) in [4.78, 5) is 0. The molecule has 0 bridgehead atoms. The van der Waals surface area contributed by atoms with Gasteiger partial charge in [-0.05, 0) is 51.3 Å². The lowest BCUT2D eigenvalue weighted by Crippen LogP contribution is -2.33. The van der Waals surface area contributed by atoms with Gasteiger partial charge in [0.15, 0.2) is 0 Å². The molecule has 0 amide bonds. The van der Waals surface area contributed by atoms with E-state index in [0.717, 1.165) is 24.2 Å². The van der Waals surface area contributed by atoms with Crippen molar-refractivity contribution in [2.75, 3.05) is 11.9 Å². The summed E-state index contributed by atoms with van der Waals surface area (Å²) in [5.74, 6) is 0.366. The van der Waals surface area contributed by atoms with E-state index >= 15 is 0 Å². The molecule has 3 nitrogen and oxygen atoms in total. The van der Waals surface area contributed by atoms with Crippen molar-refractivity contribution in [3.8, 4) is 5.75 Å². The van der Waals surface area contributed by atoms with Crippen LogP contribution in [0.4, 0.5) is 5.69 Å². The van der Waals surface area contributed by atoms with Crippen molar-refractivity contribution >= 4 is 5.69 Å². The van der Waals surface area contributed by atoms with E-state index in [0.29, 0.717) is 17.8 Å². The summed E-state index contributed by atoms with van der Waals surface area (Å²) in [6.07, 6.45) is 6.43. The van der Waals surface area contributed by atoms with Crippen molar-refractivity contribution in [3.05, 3.63) is 23.8 Å². The molecule has 0 radical (unpaired) electrons. The monoisotopic (exact) mass is 262 g/mol. The molecule has 0 spiro atoms. The van der Waals surface area contributed by atoms with E-state index in [1.165, 1.54) is 25.7 Å². The standard InChI is InChI=1S/C16H26N2O/c1-12-7-8-15(11-16(12)19)18-13(2)10-14-6-4-3-5-9-17-14/h7-8,11,13-14,17-19H,3-6,9-10H2,1-2H3. The number of rotatable bonds is 4. The van der Waals surface area contributed by atoms with Crippen LogP contribution in [0.1, 0.15) is 44.6 Å². The van der Waals surface area contributed by atoms with Gasteiger partial charge in [-0.15, -0.1) is 0 Å². The number of hydrogen-bond acceptors (Lipinski definition) is 3. The van der Waals surface area contributed by atoms with Gasteiger partial charge in [0.05, 0.1) is 0 Å². The molecule has 1 saturated heterocycles. The fraction of sp³-hybridized carbons (Fsp3) is 0.625. The highest BCUT2D eigenvalue weighted by Gasteiger charge is 2.14. The van der Waals surface area contributed by atoms with Crippen LogP contribution in [0.2, 0.25) is 0 Å². The van der Waals surface area contributed by atoms with E-state index in [-0.39, 0.29) is 0 Å². The third-order valence-electron chi connectivity index (χ3n) is 3.92. The van der Waals surface area contributed by atoms with Crippen LogP contribution in [-0.2, 0) is 0 Å². The van der Waals surface area contributed by atoms with Gasteiger partial charge in [0, 0.05) is 23.8 Å². The molecule has 19 heavy (non-hydrogen) atoms. The molecule has 0 aliphatic carbocycles. The van der Waals surface area contributed by atoms with Gasteiger partial charge in [-0.1, -0.05) is 18.9 Å². The first kappa shape index (κ1) is 14.2. The molecular weight excluding hydrogens is 236 g/mol. The Balaban J connectivity index is 1.85. The molecule has 106 valence electrons. The molecule has 2 unspecified atom stereocenters. The third kappa shape index (κ3) is 4.43. The second-order valence-corrected chi connectivity index (χ2v) is 5.78. The predicted octanol–water partition coefficient (Wildman–Crippen LogP) is 3.42. The van der Waals surface area contributed by atoms with Gasteiger partial charge in [-0.2, -0.15) is 0 Å². The van der Waals surface area contributed by atoms with Crippen LogP contribution in [0.15, 0.2) is 18.2 Å². The van der Waals surface area contributed by atoms with Gasteiger partial charge < -0.3 is 15.7 Å². The first-order valence-electron chi connectivity index (χ1n) is 7.44. The van der Waals surface area contributed by atoms with Crippen molar-refractivity contribution in [1.29, 1.82) is 0 Å². The summed E-state index contributed by atoms with van der Waals surface area (Å²) in [5.41, 5.74) is 1.92. The van der Waals surface area contributed by atoms with Gasteiger partial charge in [0.2, 0.25) is 0 Å². The Morgan fingerprint density at radius 3 is 3.00 bits per heavy atom. The summed E-state index contributed by atoms with van der Waals surface area (Å²) < 4.78 is 0. The Hall–Kier alpha value is -1.22. The topological polar surface area (TPSA) is 44.3 Å². The van der Waals surface area contributed by atoms with Gasteiger partial charge in [0.25, 0.3) is 0 Å². The van der Waals surface area contributed by atoms with Crippen molar-refractivity contribution < 1.29 is 5.11 Å². The Kier molecular flexibility index (Phi) is 5.08. The molecule has 0 aromatic heterocycles. The zero-order valence-electron chi connectivity index (χ0n) is 12.1. The zero-order chi connectivity index (χ0) is 13.7. The van der Waals surface area contributed by atoms with Crippen molar-refractivity contribution in [3.63, 3.8) is 0 Å². The van der Waals surface area contributed by atoms with E-state index in [1.54, 1.807) is 0 Å². The quantitative estimate of drug-likeness (QED) is 0.779. The number of aryl methyl sites for hydroxylation is 1. The summed E-state index contributed by atoms with van der Waals surface area (Å²) >= 11 is 0. The first-order chi connectivity index (χ1) is 9.15. The molecule has 2 atom stereocenters. The number of hydrogen-bond donors (Lipinski definition) is 3. The SMILES string of the molecule is Cc1ccc(NC(C)CC2CCCCCN2)cc1O. The molecule has 1 aromatic carbocycles. The summed E-state index contributed by atoms with van der Waals surface area (Å²) in [7, 11) is 0. The van der Waals surface area contributed by atoms with Crippen LogP contribution in [0, 0.1) is 6.92 Å². The lowest BCUT2D eigenvalue weighted by molar-refractivity contribution is 0.455. The highest BCUT2D eigenvalue weighted by molar-refractivity contribution is 5.51. The van der Waals surface area contributed by atoms with Gasteiger partial charge in [-0.25, -0.2) is 0 Å². The Labute approximate surface area is 116 Å². The first-order valence-corrected chi connectivity index (χ1v) is 7.44. The normalized spacial score (nSPS) is 21.7. The highest BCUT2D eigenvalue weighted by Crippen LogP contribution is 2.22. The largest absolute Gasteiger partial charge is 0.508 e. The van der Waals surface area contributed by atoms with Gasteiger partial charge in [0.1, 0.15) is 5.75 Å². The molecule has 3 N–H and O–H groups in total. The van der Waals surface area contributed by atoms with Gasteiger partial charge >= 0.3 is 0 Å². The molecule has 3 heteroatoms. The lowest BCUT2D eigenvalue weighted by Gasteiger charge is -2.22. The second kappa shape index (κ2) is 6.80. The fourth-order valence-electron chi connectivity index (χ4n) is 2.77. The Morgan fingerprint density at radius 1 is 1.37 bits per heavy atom. The zero-order valence-corrected chi connectivity index (χ0v) is 12.1. The number of benzene rings is 1. The summed E-state index contributed by atoms with van der Waals surface area (Å²) in [6, 6.07) is 6.84. The molecule has 0 saturated carbocycles. The van der Waals surface area contributed by atoms with E-state index in [2.05, 4.69) is 17.6 Å². The maximum atomic E-state index is 9.72. The van der Waals surface area contributed by atoms with Crippen molar-refractivity contribution in [1.82, 2.24) is 5.32 Å². The van der Waals surface area contributed by atoms with Crippen LogP contribution in [-0.4, -0.2) is 23.7 Å². The molecule has 1 aliphatic rings. The average molecular weight is 262 g/mol. The van der Waals surface area contributed by atoms with Crippen LogP contribution < -0.4 is 10.6 Å². The summed E-state index contributed by atoms with van der Waals surface area (Å²) in [5, 5.41) is 16.8. The maximum absolute atomic E-state index is 9.72. The van der Waals surface area contributed by atoms with E-state index < -0.39 is 0 Å². The van der Waals surface area contributed by atoms with Crippen LogP contribution in [0.25, 0.3) is 0 Å². The van der Waals surface area contributed by atoms with Crippen LogP contribution in [0.3, 0.4) is 0 Å². The number of phenols is 1. The molecule has 1 aromatic rings. The van der Waals surface area contributed by atoms with E-state index in [1.807, 2.05) is 25.1 Å². The number of nitrogens with one attached hydrogen (secondary N) is 2. The number of phenolic OH excluding ortho intramolecular Hbond substituents is 1. The molecule has 2 rings (SSSR count). The third-order valence-corrected chi connectivity index (χ3v) is 3.92. The summed E-state index contributed by atoms with van der Waals surface area (Å²) in [6.45, 7) is 5.28. The minimum Gasteiger partial charge on any atom is -0.508 e. The Bertz CT molecular complexity index is 398. The maximum Gasteiger partial charge on any atom is 0.120 e. The van der Waals surface area contributed by atoms with Crippen LogP contribution >= 0.6 is 0 Å². The highest BCUT2D eigenvalue weighted by atomic mass is 16.3. The average Bonchev–Trinajstić information content (AvgIpc) is 2.62. The number of aromatic hydroxyl groups is 1. The second-order valence-electron chi connectivity index (χ2n) is 5.78. The van der Waals surface area contributed by atoms with E-state index in [4.69, 9.17) is 0 Å². The van der Waals surface area contributed by atoms with E-state index in [9.17, 15) is 5.11 Å². The number of anilines is 1. The molecule has 1 aliphatic heterocycles. The van der Waals surface area contributed by atoms with Gasteiger partial charge in [-0.3, -0.25) is 0 Å². The lowest BCUT2D eigenvalue weighted by atomic mass is 10.0. The van der Waals surface area contributed by atoms with Crippen LogP contribution in [0.5, 0.6) is 5.75 Å². The molecule has 1 heterocycles.